The minimum absolute atomic E-state index is 0.0545. The third-order valence-electron chi connectivity index (χ3n) is 4.04. The normalized spacial score (nSPS) is 16.0. The number of hydrazine groups is 1. The zero-order valence-corrected chi connectivity index (χ0v) is 16.4. The van der Waals surface area contributed by atoms with Gasteiger partial charge in [0.1, 0.15) is 6.04 Å². The van der Waals surface area contributed by atoms with Gasteiger partial charge in [-0.05, 0) is 30.3 Å². The molecule has 150 valence electrons. The van der Waals surface area contributed by atoms with Crippen LogP contribution in [0.25, 0.3) is 0 Å². The molecule has 1 aliphatic heterocycles. The molecule has 0 aliphatic carbocycles. The van der Waals surface area contributed by atoms with E-state index in [0.29, 0.717) is 5.69 Å². The number of nitrogens with one attached hydrogen (secondary N) is 2. The largest absolute Gasteiger partial charge is 0.477 e. The summed E-state index contributed by atoms with van der Waals surface area (Å²) in [7, 11) is 0. The molecule has 0 unspecified atom stereocenters. The van der Waals surface area contributed by atoms with Gasteiger partial charge in [0.15, 0.2) is 12.4 Å². The molecule has 2 aromatic rings. The molecule has 1 saturated heterocycles. The number of halogens is 1. The van der Waals surface area contributed by atoms with Crippen molar-refractivity contribution in [3.63, 3.8) is 0 Å². The maximum absolute atomic E-state index is 12.5. The standard InChI is InChI=1S/C18H15BrN4O6/c19-11-5-7-12(8-6-11)22-17(25)9-13(18(22)26)20-21-16(24)10-29-15-4-2-1-3-14(15)23(27)28/h1-8,13,20H,9-10H2,(H,21,24)/t13-/m0/s1. The van der Waals surface area contributed by atoms with Crippen molar-refractivity contribution in [2.75, 3.05) is 11.5 Å². The van der Waals surface area contributed by atoms with Crippen LogP contribution in [-0.4, -0.2) is 35.3 Å². The first-order valence-corrected chi connectivity index (χ1v) is 9.19. The number of imide groups is 1. The SMILES string of the molecule is O=C(COc1ccccc1[N+](=O)[O-])NN[C@H]1CC(=O)N(c2ccc(Br)cc2)C1=O. The van der Waals surface area contributed by atoms with E-state index in [1.54, 1.807) is 24.3 Å². The Morgan fingerprint density at radius 2 is 1.90 bits per heavy atom. The van der Waals surface area contributed by atoms with Crippen LogP contribution in [0.2, 0.25) is 0 Å². The van der Waals surface area contributed by atoms with Crippen LogP contribution in [0.5, 0.6) is 5.75 Å². The average molecular weight is 463 g/mol. The first-order valence-electron chi connectivity index (χ1n) is 8.40. The molecule has 0 aromatic heterocycles. The van der Waals surface area contributed by atoms with Gasteiger partial charge in [-0.3, -0.25) is 29.9 Å². The number of ether oxygens (including phenoxy) is 1. The number of hydrogen-bond acceptors (Lipinski definition) is 7. The summed E-state index contributed by atoms with van der Waals surface area (Å²) >= 11 is 3.28. The summed E-state index contributed by atoms with van der Waals surface area (Å²) in [6, 6.07) is 11.4. The van der Waals surface area contributed by atoms with Gasteiger partial charge in [-0.25, -0.2) is 10.3 Å². The van der Waals surface area contributed by atoms with E-state index in [1.807, 2.05) is 0 Å². The molecule has 0 saturated carbocycles. The summed E-state index contributed by atoms with van der Waals surface area (Å²) in [6.07, 6.45) is -0.125. The molecule has 2 aromatic carbocycles. The van der Waals surface area contributed by atoms with Crippen molar-refractivity contribution in [2.45, 2.75) is 12.5 Å². The quantitative estimate of drug-likeness (QED) is 0.363. The predicted octanol–water partition coefficient (Wildman–Crippen LogP) is 1.69. The molecule has 1 fully saturated rings. The fraction of sp³-hybridized carbons (Fsp3) is 0.167. The molecule has 1 aliphatic rings. The lowest BCUT2D eigenvalue weighted by Gasteiger charge is -2.16. The molecular weight excluding hydrogens is 448 g/mol. The first-order chi connectivity index (χ1) is 13.9. The Morgan fingerprint density at radius 1 is 1.21 bits per heavy atom. The highest BCUT2D eigenvalue weighted by atomic mass is 79.9. The summed E-state index contributed by atoms with van der Waals surface area (Å²) in [5, 5.41) is 10.9. The third kappa shape index (κ3) is 4.76. The van der Waals surface area contributed by atoms with Gasteiger partial charge in [0.25, 0.3) is 11.8 Å². The molecule has 1 heterocycles. The maximum atomic E-state index is 12.5. The molecule has 3 rings (SSSR count). The van der Waals surface area contributed by atoms with E-state index in [4.69, 9.17) is 4.74 Å². The molecule has 3 amide bonds. The second-order valence-electron chi connectivity index (χ2n) is 6.01. The fourth-order valence-corrected chi connectivity index (χ4v) is 2.95. The summed E-state index contributed by atoms with van der Waals surface area (Å²) in [6.45, 7) is -0.511. The average Bonchev–Trinajstić information content (AvgIpc) is 2.99. The van der Waals surface area contributed by atoms with E-state index in [2.05, 4.69) is 26.8 Å². The second kappa shape index (κ2) is 8.80. The molecular formula is C18H15BrN4O6. The maximum Gasteiger partial charge on any atom is 0.310 e. The summed E-state index contributed by atoms with van der Waals surface area (Å²) in [5.41, 5.74) is 4.96. The first kappa shape index (κ1) is 20.4. The lowest BCUT2D eigenvalue weighted by atomic mass is 10.2. The summed E-state index contributed by atoms with van der Waals surface area (Å²) < 4.78 is 5.97. The van der Waals surface area contributed by atoms with Gasteiger partial charge in [0.05, 0.1) is 17.0 Å². The second-order valence-corrected chi connectivity index (χ2v) is 6.92. The number of nitro benzene ring substituents is 1. The van der Waals surface area contributed by atoms with Gasteiger partial charge in [0, 0.05) is 10.5 Å². The predicted molar refractivity (Wildman–Crippen MR) is 105 cm³/mol. The van der Waals surface area contributed by atoms with E-state index in [1.165, 1.54) is 24.3 Å². The number of anilines is 1. The van der Waals surface area contributed by atoms with Crippen molar-refractivity contribution in [3.8, 4) is 5.75 Å². The van der Waals surface area contributed by atoms with Crippen molar-refractivity contribution in [1.82, 2.24) is 10.9 Å². The Labute approximate surface area is 173 Å². The van der Waals surface area contributed by atoms with Crippen molar-refractivity contribution >= 4 is 45.0 Å². The smallest absolute Gasteiger partial charge is 0.310 e. The van der Waals surface area contributed by atoms with Gasteiger partial charge in [-0.2, -0.15) is 0 Å². The van der Waals surface area contributed by atoms with E-state index in [0.717, 1.165) is 9.37 Å². The Balaban J connectivity index is 1.54. The van der Waals surface area contributed by atoms with Gasteiger partial charge in [-0.15, -0.1) is 0 Å². The lowest BCUT2D eigenvalue weighted by Crippen LogP contribution is -2.49. The van der Waals surface area contributed by atoms with Crippen LogP contribution in [0, 0.1) is 10.1 Å². The minimum atomic E-state index is -0.929. The monoisotopic (exact) mass is 462 g/mol. The Morgan fingerprint density at radius 3 is 2.59 bits per heavy atom. The molecule has 0 bridgehead atoms. The van der Waals surface area contributed by atoms with E-state index in [-0.39, 0.29) is 17.9 Å². The topological polar surface area (TPSA) is 131 Å². The van der Waals surface area contributed by atoms with Gasteiger partial charge in [0.2, 0.25) is 5.91 Å². The summed E-state index contributed by atoms with van der Waals surface area (Å²) in [5.74, 6) is -1.62. The van der Waals surface area contributed by atoms with E-state index >= 15 is 0 Å². The number of nitro groups is 1. The highest BCUT2D eigenvalue weighted by Crippen LogP contribution is 2.26. The van der Waals surface area contributed by atoms with Crippen molar-refractivity contribution in [2.24, 2.45) is 0 Å². The van der Waals surface area contributed by atoms with Gasteiger partial charge >= 0.3 is 5.69 Å². The minimum Gasteiger partial charge on any atom is -0.477 e. The molecule has 11 heteroatoms. The number of amides is 3. The molecule has 10 nitrogen and oxygen atoms in total. The highest BCUT2D eigenvalue weighted by molar-refractivity contribution is 9.10. The number of nitrogens with zero attached hydrogens (tertiary/aromatic N) is 2. The number of hydrogen-bond donors (Lipinski definition) is 2. The third-order valence-corrected chi connectivity index (χ3v) is 4.57. The van der Waals surface area contributed by atoms with Crippen LogP contribution in [-0.2, 0) is 14.4 Å². The number of benzene rings is 2. The highest BCUT2D eigenvalue weighted by Gasteiger charge is 2.39. The van der Waals surface area contributed by atoms with Crippen LogP contribution >= 0.6 is 15.9 Å². The van der Waals surface area contributed by atoms with Crippen molar-refractivity contribution in [3.05, 3.63) is 63.1 Å². The van der Waals surface area contributed by atoms with Crippen molar-refractivity contribution < 1.29 is 24.0 Å². The van der Waals surface area contributed by atoms with E-state index < -0.39 is 35.3 Å². The Kier molecular flexibility index (Phi) is 6.20. The Hall–Kier alpha value is -3.31. The number of carbonyl (C=O) groups is 3. The number of para-hydroxylation sites is 2. The Bertz CT molecular complexity index is 965. The zero-order chi connectivity index (χ0) is 21.0. The molecule has 2 N–H and O–H groups in total. The molecule has 29 heavy (non-hydrogen) atoms. The van der Waals surface area contributed by atoms with Crippen LogP contribution in [0.4, 0.5) is 11.4 Å². The lowest BCUT2D eigenvalue weighted by molar-refractivity contribution is -0.385. The molecule has 1 atom stereocenters. The number of carbonyl (C=O) groups excluding carboxylic acids is 3. The number of rotatable bonds is 7. The van der Waals surface area contributed by atoms with Gasteiger partial charge < -0.3 is 4.74 Å². The van der Waals surface area contributed by atoms with Crippen LogP contribution in [0.15, 0.2) is 53.0 Å². The van der Waals surface area contributed by atoms with Crippen LogP contribution in [0.1, 0.15) is 6.42 Å². The van der Waals surface area contributed by atoms with Gasteiger partial charge in [-0.1, -0.05) is 28.1 Å². The molecule has 0 radical (unpaired) electrons. The molecule has 0 spiro atoms. The van der Waals surface area contributed by atoms with Crippen LogP contribution < -0.4 is 20.5 Å². The van der Waals surface area contributed by atoms with Crippen LogP contribution in [0.3, 0.4) is 0 Å². The summed E-state index contributed by atoms with van der Waals surface area (Å²) in [4.78, 5) is 48.0. The van der Waals surface area contributed by atoms with E-state index in [9.17, 15) is 24.5 Å². The van der Waals surface area contributed by atoms with Crippen molar-refractivity contribution in [1.29, 1.82) is 0 Å². The zero-order valence-electron chi connectivity index (χ0n) is 14.8. The fourth-order valence-electron chi connectivity index (χ4n) is 2.68.